The average Bonchev–Trinajstić information content (AvgIpc) is 2.67. The fourth-order valence-electron chi connectivity index (χ4n) is 3.59. The predicted molar refractivity (Wildman–Crippen MR) is 98.4 cm³/mol. The lowest BCUT2D eigenvalue weighted by molar-refractivity contribution is -0.131. The monoisotopic (exact) mass is 330 g/mol. The Kier molecular flexibility index (Phi) is 6.10. The number of benzene rings is 1. The van der Waals surface area contributed by atoms with Gasteiger partial charge in [0.25, 0.3) is 0 Å². The van der Waals surface area contributed by atoms with Crippen LogP contribution in [0.5, 0.6) is 0 Å². The van der Waals surface area contributed by atoms with E-state index in [0.717, 1.165) is 65.4 Å². The number of para-hydroxylation sites is 1. The SMILES string of the molecule is CCN1CCN(CCC(=O)N2CCN(c3ccccc3)CC2)CC1. The molecule has 0 atom stereocenters. The number of rotatable bonds is 5. The molecule has 0 bridgehead atoms. The highest BCUT2D eigenvalue weighted by molar-refractivity contribution is 5.76. The molecule has 0 aromatic heterocycles. The quantitative estimate of drug-likeness (QED) is 0.816. The molecule has 0 unspecified atom stereocenters. The molecule has 1 aromatic rings. The maximum Gasteiger partial charge on any atom is 0.223 e. The number of piperazine rings is 2. The lowest BCUT2D eigenvalue weighted by Crippen LogP contribution is -2.50. The van der Waals surface area contributed by atoms with E-state index in [1.807, 2.05) is 11.0 Å². The van der Waals surface area contributed by atoms with E-state index in [1.54, 1.807) is 0 Å². The van der Waals surface area contributed by atoms with Crippen molar-refractivity contribution in [2.45, 2.75) is 13.3 Å². The van der Waals surface area contributed by atoms with Gasteiger partial charge in [-0.05, 0) is 18.7 Å². The number of carbonyl (C=O) groups is 1. The molecule has 3 rings (SSSR count). The van der Waals surface area contributed by atoms with Crippen LogP contribution in [-0.2, 0) is 4.79 Å². The summed E-state index contributed by atoms with van der Waals surface area (Å²) >= 11 is 0. The lowest BCUT2D eigenvalue weighted by atomic mass is 10.2. The third-order valence-corrected chi connectivity index (χ3v) is 5.31. The van der Waals surface area contributed by atoms with Crippen LogP contribution < -0.4 is 4.90 Å². The largest absolute Gasteiger partial charge is 0.368 e. The van der Waals surface area contributed by atoms with Gasteiger partial charge >= 0.3 is 0 Å². The van der Waals surface area contributed by atoms with Gasteiger partial charge in [0.1, 0.15) is 0 Å². The predicted octanol–water partition coefficient (Wildman–Crippen LogP) is 1.36. The van der Waals surface area contributed by atoms with Crippen molar-refractivity contribution in [2.75, 3.05) is 70.3 Å². The van der Waals surface area contributed by atoms with Gasteiger partial charge in [-0.1, -0.05) is 25.1 Å². The van der Waals surface area contributed by atoms with Crippen molar-refractivity contribution in [3.8, 4) is 0 Å². The molecule has 2 aliphatic heterocycles. The van der Waals surface area contributed by atoms with Gasteiger partial charge in [0.2, 0.25) is 5.91 Å². The molecule has 24 heavy (non-hydrogen) atoms. The van der Waals surface area contributed by atoms with E-state index in [0.29, 0.717) is 12.3 Å². The third-order valence-electron chi connectivity index (χ3n) is 5.31. The summed E-state index contributed by atoms with van der Waals surface area (Å²) in [6.45, 7) is 12.3. The number of hydrogen-bond donors (Lipinski definition) is 0. The summed E-state index contributed by atoms with van der Waals surface area (Å²) < 4.78 is 0. The summed E-state index contributed by atoms with van der Waals surface area (Å²) in [7, 11) is 0. The second-order valence-corrected chi connectivity index (χ2v) is 6.73. The minimum absolute atomic E-state index is 0.320. The highest BCUT2D eigenvalue weighted by atomic mass is 16.2. The molecule has 2 heterocycles. The van der Waals surface area contributed by atoms with Crippen molar-refractivity contribution in [1.29, 1.82) is 0 Å². The molecule has 0 N–H and O–H groups in total. The minimum atomic E-state index is 0.320. The zero-order valence-electron chi connectivity index (χ0n) is 14.9. The van der Waals surface area contributed by atoms with Crippen LogP contribution in [0.15, 0.2) is 30.3 Å². The average molecular weight is 330 g/mol. The Hall–Kier alpha value is -1.59. The minimum Gasteiger partial charge on any atom is -0.368 e. The Labute approximate surface area is 145 Å². The molecule has 132 valence electrons. The summed E-state index contributed by atoms with van der Waals surface area (Å²) in [5.41, 5.74) is 1.26. The normalized spacial score (nSPS) is 20.4. The van der Waals surface area contributed by atoms with Crippen LogP contribution in [0.3, 0.4) is 0 Å². The second-order valence-electron chi connectivity index (χ2n) is 6.73. The highest BCUT2D eigenvalue weighted by Gasteiger charge is 2.22. The molecule has 1 aromatic carbocycles. The maximum atomic E-state index is 12.5. The van der Waals surface area contributed by atoms with Gasteiger partial charge in [-0.15, -0.1) is 0 Å². The number of nitrogens with zero attached hydrogens (tertiary/aromatic N) is 4. The molecule has 2 fully saturated rings. The molecule has 2 aliphatic rings. The van der Waals surface area contributed by atoms with Gasteiger partial charge < -0.3 is 19.6 Å². The van der Waals surface area contributed by atoms with Crippen LogP contribution in [0.4, 0.5) is 5.69 Å². The zero-order valence-corrected chi connectivity index (χ0v) is 14.9. The van der Waals surface area contributed by atoms with Crippen LogP contribution in [-0.4, -0.2) is 86.1 Å². The summed E-state index contributed by atoms with van der Waals surface area (Å²) in [6, 6.07) is 10.5. The first-order valence-electron chi connectivity index (χ1n) is 9.28. The summed E-state index contributed by atoms with van der Waals surface area (Å²) in [5, 5.41) is 0. The van der Waals surface area contributed by atoms with Crippen LogP contribution in [0.2, 0.25) is 0 Å². The Balaban J connectivity index is 1.38. The van der Waals surface area contributed by atoms with Gasteiger partial charge in [-0.2, -0.15) is 0 Å². The number of likely N-dealkylation sites (N-methyl/N-ethyl adjacent to an activating group) is 1. The van der Waals surface area contributed by atoms with E-state index in [2.05, 4.69) is 45.9 Å². The highest BCUT2D eigenvalue weighted by Crippen LogP contribution is 2.16. The first-order valence-corrected chi connectivity index (χ1v) is 9.28. The maximum absolute atomic E-state index is 12.5. The molecule has 1 amide bonds. The Morgan fingerprint density at radius 1 is 0.875 bits per heavy atom. The van der Waals surface area contributed by atoms with E-state index >= 15 is 0 Å². The van der Waals surface area contributed by atoms with Crippen molar-refractivity contribution in [3.63, 3.8) is 0 Å². The zero-order chi connectivity index (χ0) is 16.8. The number of carbonyl (C=O) groups excluding carboxylic acids is 1. The lowest BCUT2D eigenvalue weighted by Gasteiger charge is -2.37. The number of hydrogen-bond acceptors (Lipinski definition) is 4. The second kappa shape index (κ2) is 8.49. The van der Waals surface area contributed by atoms with Gasteiger partial charge in [0, 0.05) is 71.0 Å². The molecule has 0 radical (unpaired) electrons. The van der Waals surface area contributed by atoms with E-state index in [4.69, 9.17) is 0 Å². The van der Waals surface area contributed by atoms with E-state index in [1.165, 1.54) is 5.69 Å². The Morgan fingerprint density at radius 3 is 2.12 bits per heavy atom. The summed E-state index contributed by atoms with van der Waals surface area (Å²) in [5.74, 6) is 0.320. The molecule has 5 nitrogen and oxygen atoms in total. The van der Waals surface area contributed by atoms with E-state index < -0.39 is 0 Å². The molecular formula is C19H30N4O. The third kappa shape index (κ3) is 4.48. The van der Waals surface area contributed by atoms with Crippen LogP contribution in [0.25, 0.3) is 0 Å². The molecule has 0 aliphatic carbocycles. The molecule has 0 spiro atoms. The van der Waals surface area contributed by atoms with Crippen molar-refractivity contribution in [1.82, 2.24) is 14.7 Å². The molecule has 5 heteroatoms. The molecule has 2 saturated heterocycles. The van der Waals surface area contributed by atoms with Crippen LogP contribution in [0.1, 0.15) is 13.3 Å². The smallest absolute Gasteiger partial charge is 0.223 e. The first-order chi connectivity index (χ1) is 11.8. The van der Waals surface area contributed by atoms with Crippen molar-refractivity contribution >= 4 is 11.6 Å². The summed E-state index contributed by atoms with van der Waals surface area (Å²) in [4.78, 5) is 21.8. The number of anilines is 1. The molecule has 0 saturated carbocycles. The van der Waals surface area contributed by atoms with Crippen LogP contribution in [0, 0.1) is 0 Å². The fraction of sp³-hybridized carbons (Fsp3) is 0.632. The van der Waals surface area contributed by atoms with E-state index in [9.17, 15) is 4.79 Å². The van der Waals surface area contributed by atoms with Crippen LogP contribution >= 0.6 is 0 Å². The Morgan fingerprint density at radius 2 is 1.50 bits per heavy atom. The van der Waals surface area contributed by atoms with Gasteiger partial charge in [-0.3, -0.25) is 4.79 Å². The standard InChI is InChI=1S/C19H30N4O/c1-2-20-10-12-21(13-11-20)9-8-19(24)23-16-14-22(15-17-23)18-6-4-3-5-7-18/h3-7H,2,8-17H2,1H3. The number of amides is 1. The van der Waals surface area contributed by atoms with Gasteiger partial charge in [0.05, 0.1) is 0 Å². The molecular weight excluding hydrogens is 300 g/mol. The van der Waals surface area contributed by atoms with Crippen molar-refractivity contribution in [3.05, 3.63) is 30.3 Å². The van der Waals surface area contributed by atoms with Crippen molar-refractivity contribution in [2.24, 2.45) is 0 Å². The topological polar surface area (TPSA) is 30.0 Å². The van der Waals surface area contributed by atoms with E-state index in [-0.39, 0.29) is 0 Å². The van der Waals surface area contributed by atoms with Crippen molar-refractivity contribution < 1.29 is 4.79 Å². The van der Waals surface area contributed by atoms with Gasteiger partial charge in [-0.25, -0.2) is 0 Å². The summed E-state index contributed by atoms with van der Waals surface area (Å²) in [6.07, 6.45) is 0.664. The Bertz CT molecular complexity index is 505. The fourth-order valence-corrected chi connectivity index (χ4v) is 3.59. The first kappa shape index (κ1) is 17.2. The van der Waals surface area contributed by atoms with Gasteiger partial charge in [0.15, 0.2) is 0 Å².